The van der Waals surface area contributed by atoms with Gasteiger partial charge in [0, 0.05) is 32.7 Å². The Morgan fingerprint density at radius 1 is 1.29 bits per heavy atom. The maximum absolute atomic E-state index is 6.01. The third-order valence-corrected chi connectivity index (χ3v) is 3.58. The molecule has 0 radical (unpaired) electrons. The van der Waals surface area contributed by atoms with Gasteiger partial charge in [-0.2, -0.15) is 0 Å². The molecule has 5 heteroatoms. The molecule has 2 rings (SSSR count). The number of likely N-dealkylation sites (N-methyl/N-ethyl adjacent to an activating group) is 1. The van der Waals surface area contributed by atoms with Gasteiger partial charge in [-0.3, -0.25) is 0 Å². The molecule has 94 valence electrons. The van der Waals surface area contributed by atoms with Crippen molar-refractivity contribution in [2.24, 2.45) is 5.73 Å². The number of pyridine rings is 1. The summed E-state index contributed by atoms with van der Waals surface area (Å²) in [5.74, 6) is 0.991. The highest BCUT2D eigenvalue weighted by Gasteiger charge is 2.17. The molecule has 1 aliphatic rings. The maximum atomic E-state index is 6.01. The van der Waals surface area contributed by atoms with E-state index in [1.165, 1.54) is 0 Å². The molecule has 0 aromatic carbocycles. The number of nitrogens with two attached hydrogens (primary N) is 1. The Morgan fingerprint density at radius 2 is 2.00 bits per heavy atom. The lowest BCUT2D eigenvalue weighted by molar-refractivity contribution is 0.270. The van der Waals surface area contributed by atoms with Crippen LogP contribution in [0.2, 0.25) is 5.02 Å². The number of nitrogens with zero attached hydrogens (tertiary/aromatic N) is 3. The fraction of sp³-hybridized carbons (Fsp3) is 0.583. The minimum atomic E-state index is 0.390. The van der Waals surface area contributed by atoms with E-state index in [9.17, 15) is 0 Å². The van der Waals surface area contributed by atoms with Crippen molar-refractivity contribution in [3.8, 4) is 0 Å². The molecule has 0 atom stereocenters. The average molecular weight is 255 g/mol. The minimum Gasteiger partial charge on any atom is -0.354 e. The first-order chi connectivity index (χ1) is 8.24. The van der Waals surface area contributed by atoms with Gasteiger partial charge in [0.2, 0.25) is 0 Å². The number of hydrogen-bond acceptors (Lipinski definition) is 4. The quantitative estimate of drug-likeness (QED) is 0.884. The zero-order valence-electron chi connectivity index (χ0n) is 10.2. The smallest absolute Gasteiger partial charge is 0.129 e. The number of piperazine rings is 1. The van der Waals surface area contributed by atoms with Gasteiger partial charge in [-0.05, 0) is 18.7 Å². The van der Waals surface area contributed by atoms with E-state index in [2.05, 4.69) is 21.7 Å². The molecule has 1 aromatic rings. The van der Waals surface area contributed by atoms with E-state index in [0.717, 1.165) is 44.2 Å². The summed E-state index contributed by atoms with van der Waals surface area (Å²) in [6.45, 7) is 7.94. The Bertz CT molecular complexity index is 375. The summed E-state index contributed by atoms with van der Waals surface area (Å²) in [6, 6.07) is 3.86. The lowest BCUT2D eigenvalue weighted by atomic mass is 10.3. The van der Waals surface area contributed by atoms with Gasteiger partial charge in [0.1, 0.15) is 5.82 Å². The van der Waals surface area contributed by atoms with E-state index in [0.29, 0.717) is 11.6 Å². The van der Waals surface area contributed by atoms with Gasteiger partial charge >= 0.3 is 0 Å². The molecule has 0 unspecified atom stereocenters. The number of rotatable bonds is 3. The van der Waals surface area contributed by atoms with Crippen LogP contribution >= 0.6 is 11.6 Å². The Hall–Kier alpha value is -0.840. The van der Waals surface area contributed by atoms with Crippen molar-refractivity contribution in [3.63, 3.8) is 0 Å². The van der Waals surface area contributed by atoms with Gasteiger partial charge in [-0.1, -0.05) is 18.5 Å². The van der Waals surface area contributed by atoms with Crippen LogP contribution in [0, 0.1) is 0 Å². The first-order valence-electron chi connectivity index (χ1n) is 6.07. The predicted molar refractivity (Wildman–Crippen MR) is 71.5 cm³/mol. The van der Waals surface area contributed by atoms with E-state index in [1.807, 2.05) is 12.1 Å². The molecule has 0 spiro atoms. The molecule has 0 amide bonds. The molecule has 2 N–H and O–H groups in total. The maximum Gasteiger partial charge on any atom is 0.129 e. The van der Waals surface area contributed by atoms with Crippen LogP contribution in [-0.2, 0) is 6.54 Å². The highest BCUT2D eigenvalue weighted by molar-refractivity contribution is 6.31. The van der Waals surface area contributed by atoms with Crippen LogP contribution in [0.3, 0.4) is 0 Å². The molecule has 4 nitrogen and oxygen atoms in total. The molecule has 0 saturated carbocycles. The van der Waals surface area contributed by atoms with Crippen LogP contribution in [-0.4, -0.2) is 42.6 Å². The second kappa shape index (κ2) is 5.67. The molecule has 2 heterocycles. The Labute approximate surface area is 107 Å². The number of hydrogen-bond donors (Lipinski definition) is 1. The second-order valence-electron chi connectivity index (χ2n) is 4.22. The normalized spacial score (nSPS) is 17.5. The fourth-order valence-electron chi connectivity index (χ4n) is 2.09. The number of halogens is 1. The standard InChI is InChI=1S/C12H19ClN4/c1-2-16-5-7-17(8-6-16)12-4-3-10(13)11(9-14)15-12/h3-4H,2,5-9,14H2,1H3. The van der Waals surface area contributed by atoms with Crippen molar-refractivity contribution in [2.75, 3.05) is 37.6 Å². The van der Waals surface area contributed by atoms with Crippen LogP contribution in [0.25, 0.3) is 0 Å². The van der Waals surface area contributed by atoms with Crippen LogP contribution in [0.4, 0.5) is 5.82 Å². The van der Waals surface area contributed by atoms with Gasteiger partial charge in [0.15, 0.2) is 0 Å². The highest BCUT2D eigenvalue weighted by atomic mass is 35.5. The Kier molecular flexibility index (Phi) is 4.20. The van der Waals surface area contributed by atoms with Crippen molar-refractivity contribution in [2.45, 2.75) is 13.5 Å². The highest BCUT2D eigenvalue weighted by Crippen LogP contribution is 2.20. The van der Waals surface area contributed by atoms with Crippen LogP contribution in [0.15, 0.2) is 12.1 Å². The molecular weight excluding hydrogens is 236 g/mol. The third-order valence-electron chi connectivity index (χ3n) is 3.24. The average Bonchev–Trinajstić information content (AvgIpc) is 2.39. The molecule has 1 aromatic heterocycles. The monoisotopic (exact) mass is 254 g/mol. The van der Waals surface area contributed by atoms with Crippen molar-refractivity contribution < 1.29 is 0 Å². The topological polar surface area (TPSA) is 45.4 Å². The van der Waals surface area contributed by atoms with Crippen molar-refractivity contribution >= 4 is 17.4 Å². The molecule has 0 bridgehead atoms. The van der Waals surface area contributed by atoms with Crippen molar-refractivity contribution in [3.05, 3.63) is 22.8 Å². The summed E-state index contributed by atoms with van der Waals surface area (Å²) in [5, 5.41) is 0.656. The first-order valence-corrected chi connectivity index (χ1v) is 6.45. The molecule has 1 aliphatic heterocycles. The van der Waals surface area contributed by atoms with Crippen LogP contribution in [0.1, 0.15) is 12.6 Å². The Morgan fingerprint density at radius 3 is 2.59 bits per heavy atom. The molecule has 1 saturated heterocycles. The van der Waals surface area contributed by atoms with E-state index < -0.39 is 0 Å². The molecule has 17 heavy (non-hydrogen) atoms. The summed E-state index contributed by atoms with van der Waals surface area (Å²) < 4.78 is 0. The summed E-state index contributed by atoms with van der Waals surface area (Å²) in [6.07, 6.45) is 0. The van der Waals surface area contributed by atoms with E-state index in [4.69, 9.17) is 17.3 Å². The van der Waals surface area contributed by atoms with Crippen molar-refractivity contribution in [1.29, 1.82) is 0 Å². The van der Waals surface area contributed by atoms with Gasteiger partial charge in [0.05, 0.1) is 10.7 Å². The Balaban J connectivity index is 2.08. The summed E-state index contributed by atoms with van der Waals surface area (Å²) >= 11 is 6.01. The van der Waals surface area contributed by atoms with E-state index in [-0.39, 0.29) is 0 Å². The zero-order chi connectivity index (χ0) is 12.3. The van der Waals surface area contributed by atoms with E-state index in [1.54, 1.807) is 0 Å². The SMILES string of the molecule is CCN1CCN(c2ccc(Cl)c(CN)n2)CC1. The zero-order valence-corrected chi connectivity index (χ0v) is 11.0. The van der Waals surface area contributed by atoms with Crippen molar-refractivity contribution in [1.82, 2.24) is 9.88 Å². The lowest BCUT2D eigenvalue weighted by Crippen LogP contribution is -2.46. The lowest BCUT2D eigenvalue weighted by Gasteiger charge is -2.34. The predicted octanol–water partition coefficient (Wildman–Crippen LogP) is 1.34. The summed E-state index contributed by atoms with van der Waals surface area (Å²) in [7, 11) is 0. The first kappa shape index (κ1) is 12.6. The van der Waals surface area contributed by atoms with E-state index >= 15 is 0 Å². The summed E-state index contributed by atoms with van der Waals surface area (Å²) in [5.41, 5.74) is 6.40. The second-order valence-corrected chi connectivity index (χ2v) is 4.63. The fourth-order valence-corrected chi connectivity index (χ4v) is 2.27. The molecule has 1 fully saturated rings. The van der Waals surface area contributed by atoms with Gasteiger partial charge in [0.25, 0.3) is 0 Å². The minimum absolute atomic E-state index is 0.390. The van der Waals surface area contributed by atoms with Gasteiger partial charge in [-0.25, -0.2) is 4.98 Å². The number of anilines is 1. The third kappa shape index (κ3) is 2.89. The van der Waals surface area contributed by atoms with Gasteiger partial charge in [-0.15, -0.1) is 0 Å². The molecule has 0 aliphatic carbocycles. The molecular formula is C12H19ClN4. The van der Waals surface area contributed by atoms with Crippen LogP contribution in [0.5, 0.6) is 0 Å². The van der Waals surface area contributed by atoms with Gasteiger partial charge < -0.3 is 15.5 Å². The largest absolute Gasteiger partial charge is 0.354 e. The number of aromatic nitrogens is 1. The summed E-state index contributed by atoms with van der Waals surface area (Å²) in [4.78, 5) is 9.25. The van der Waals surface area contributed by atoms with Crippen LogP contribution < -0.4 is 10.6 Å².